The summed E-state index contributed by atoms with van der Waals surface area (Å²) in [5, 5.41) is 2.02. The first kappa shape index (κ1) is 13.0. The van der Waals surface area contributed by atoms with Gasteiger partial charge in [0.15, 0.2) is 0 Å². The number of thioether (sulfide) groups is 1. The van der Waals surface area contributed by atoms with Crippen LogP contribution < -0.4 is 0 Å². The molecule has 2 aromatic rings. The predicted molar refractivity (Wildman–Crippen MR) is 72.0 cm³/mol. The fraction of sp³-hybridized carbons (Fsp3) is 0.250. The number of rotatable bonds is 4. The van der Waals surface area contributed by atoms with Crippen molar-refractivity contribution < 1.29 is 9.53 Å². The Morgan fingerprint density at radius 2 is 2.33 bits per heavy atom. The molecule has 0 spiro atoms. The van der Waals surface area contributed by atoms with Crippen LogP contribution in [0.25, 0.3) is 0 Å². The third kappa shape index (κ3) is 3.30. The van der Waals surface area contributed by atoms with Gasteiger partial charge in [0.2, 0.25) is 0 Å². The highest BCUT2D eigenvalue weighted by Crippen LogP contribution is 2.25. The zero-order chi connectivity index (χ0) is 13.0. The number of carbonyl (C=O) groups is 1. The number of hydrogen-bond donors (Lipinski definition) is 0. The maximum Gasteiger partial charge on any atom is 0.339 e. The number of pyridine rings is 1. The third-order valence-corrected chi connectivity index (χ3v) is 4.36. The van der Waals surface area contributed by atoms with Crippen molar-refractivity contribution in [2.45, 2.75) is 17.0 Å². The molecule has 0 atom stereocenters. The molecule has 0 aliphatic rings. The minimum Gasteiger partial charge on any atom is -0.465 e. The maximum absolute atomic E-state index is 11.2. The maximum atomic E-state index is 11.2. The lowest BCUT2D eigenvalue weighted by molar-refractivity contribution is 0.0600. The molecule has 0 saturated carbocycles. The Hall–Kier alpha value is -1.40. The van der Waals surface area contributed by atoms with Crippen molar-refractivity contribution in [3.63, 3.8) is 0 Å². The second-order valence-electron chi connectivity index (χ2n) is 3.57. The SMILES string of the molecule is COC(=O)c1ccc(CSc2nc(C)cs2)nc1. The van der Waals surface area contributed by atoms with E-state index >= 15 is 0 Å². The number of esters is 1. The quantitative estimate of drug-likeness (QED) is 0.636. The van der Waals surface area contributed by atoms with E-state index in [-0.39, 0.29) is 5.97 Å². The highest BCUT2D eigenvalue weighted by atomic mass is 32.2. The van der Waals surface area contributed by atoms with Crippen molar-refractivity contribution in [3.05, 3.63) is 40.7 Å². The van der Waals surface area contributed by atoms with Gasteiger partial charge >= 0.3 is 5.97 Å². The number of carbonyl (C=O) groups excluding carboxylic acids is 1. The van der Waals surface area contributed by atoms with Crippen LogP contribution in [-0.4, -0.2) is 23.0 Å². The van der Waals surface area contributed by atoms with E-state index in [4.69, 9.17) is 0 Å². The summed E-state index contributed by atoms with van der Waals surface area (Å²) in [7, 11) is 1.36. The van der Waals surface area contributed by atoms with Gasteiger partial charge in [0.25, 0.3) is 0 Å². The Kier molecular flexibility index (Phi) is 4.33. The van der Waals surface area contributed by atoms with Crippen LogP contribution >= 0.6 is 23.1 Å². The van der Waals surface area contributed by atoms with Crippen molar-refractivity contribution in [2.24, 2.45) is 0 Å². The van der Waals surface area contributed by atoms with Crippen LogP contribution in [0, 0.1) is 6.92 Å². The Bertz CT molecular complexity index is 537. The molecule has 4 nitrogen and oxygen atoms in total. The smallest absolute Gasteiger partial charge is 0.339 e. The van der Waals surface area contributed by atoms with E-state index in [1.54, 1.807) is 29.2 Å². The van der Waals surface area contributed by atoms with Gasteiger partial charge < -0.3 is 4.74 Å². The second kappa shape index (κ2) is 5.97. The van der Waals surface area contributed by atoms with Gasteiger partial charge in [0.1, 0.15) is 4.34 Å². The van der Waals surface area contributed by atoms with Crippen LogP contribution in [-0.2, 0) is 10.5 Å². The van der Waals surface area contributed by atoms with Crippen molar-refractivity contribution in [3.8, 4) is 0 Å². The van der Waals surface area contributed by atoms with Gasteiger partial charge in [-0.15, -0.1) is 11.3 Å². The summed E-state index contributed by atoms with van der Waals surface area (Å²) in [4.78, 5) is 19.8. The summed E-state index contributed by atoms with van der Waals surface area (Å²) >= 11 is 3.27. The molecule has 0 unspecified atom stereocenters. The summed E-state index contributed by atoms with van der Waals surface area (Å²) in [6.07, 6.45) is 1.54. The number of aryl methyl sites for hydroxylation is 1. The van der Waals surface area contributed by atoms with Crippen molar-refractivity contribution in [1.82, 2.24) is 9.97 Å². The van der Waals surface area contributed by atoms with Crippen LogP contribution in [0.4, 0.5) is 0 Å². The molecular weight excluding hydrogens is 268 g/mol. The molecule has 0 bridgehead atoms. The molecule has 0 aliphatic heterocycles. The fourth-order valence-corrected chi connectivity index (χ4v) is 3.05. The van der Waals surface area contributed by atoms with Crippen molar-refractivity contribution in [2.75, 3.05) is 7.11 Å². The zero-order valence-electron chi connectivity index (χ0n) is 10.0. The number of methoxy groups -OCH3 is 1. The largest absolute Gasteiger partial charge is 0.465 e. The van der Waals surface area contributed by atoms with Crippen LogP contribution in [0.1, 0.15) is 21.7 Å². The highest BCUT2D eigenvalue weighted by molar-refractivity contribution is 8.00. The molecule has 2 rings (SSSR count). The van der Waals surface area contributed by atoms with E-state index in [2.05, 4.69) is 14.7 Å². The van der Waals surface area contributed by atoms with E-state index in [1.165, 1.54) is 13.3 Å². The molecular formula is C12H12N2O2S2. The third-order valence-electron chi connectivity index (χ3n) is 2.19. The van der Waals surface area contributed by atoms with Gasteiger partial charge in [-0.05, 0) is 19.1 Å². The first-order chi connectivity index (χ1) is 8.69. The number of nitrogens with zero attached hydrogens (tertiary/aromatic N) is 2. The minimum absolute atomic E-state index is 0.364. The van der Waals surface area contributed by atoms with E-state index in [1.807, 2.05) is 18.4 Å². The lowest BCUT2D eigenvalue weighted by atomic mass is 10.2. The lowest BCUT2D eigenvalue weighted by Crippen LogP contribution is -2.02. The molecule has 0 N–H and O–H groups in total. The summed E-state index contributed by atoms with van der Waals surface area (Å²) in [6, 6.07) is 3.56. The van der Waals surface area contributed by atoms with Crippen LogP contribution in [0.3, 0.4) is 0 Å². The van der Waals surface area contributed by atoms with Crippen LogP contribution in [0.2, 0.25) is 0 Å². The minimum atomic E-state index is -0.364. The Morgan fingerprint density at radius 3 is 2.89 bits per heavy atom. The first-order valence-electron chi connectivity index (χ1n) is 5.27. The van der Waals surface area contributed by atoms with Crippen LogP contribution in [0.5, 0.6) is 0 Å². The summed E-state index contributed by atoms with van der Waals surface area (Å²) in [5.74, 6) is 0.381. The Morgan fingerprint density at radius 1 is 1.50 bits per heavy atom. The molecule has 94 valence electrons. The number of hydrogen-bond acceptors (Lipinski definition) is 6. The van der Waals surface area contributed by atoms with Gasteiger partial charge in [-0.2, -0.15) is 0 Å². The van der Waals surface area contributed by atoms with E-state index in [0.29, 0.717) is 5.56 Å². The molecule has 0 aliphatic carbocycles. The van der Waals surface area contributed by atoms with Crippen molar-refractivity contribution >= 4 is 29.1 Å². The molecule has 2 aromatic heterocycles. The fourth-order valence-electron chi connectivity index (χ4n) is 1.28. The molecule has 0 radical (unpaired) electrons. The Labute approximate surface area is 113 Å². The van der Waals surface area contributed by atoms with Crippen molar-refractivity contribution in [1.29, 1.82) is 0 Å². The van der Waals surface area contributed by atoms with Gasteiger partial charge in [-0.1, -0.05) is 11.8 Å². The van der Waals surface area contributed by atoms with Gasteiger partial charge in [0, 0.05) is 23.0 Å². The average molecular weight is 280 g/mol. The molecule has 18 heavy (non-hydrogen) atoms. The molecule has 0 saturated heterocycles. The summed E-state index contributed by atoms with van der Waals surface area (Å²) in [5.41, 5.74) is 2.42. The van der Waals surface area contributed by atoms with E-state index in [9.17, 15) is 4.79 Å². The molecule has 0 amide bonds. The molecule has 0 fully saturated rings. The first-order valence-corrected chi connectivity index (χ1v) is 7.13. The van der Waals surface area contributed by atoms with Gasteiger partial charge in [-0.3, -0.25) is 4.98 Å². The number of ether oxygens (including phenoxy) is 1. The standard InChI is InChI=1S/C12H12N2O2S2/c1-8-6-17-12(14-8)18-7-10-4-3-9(5-13-10)11(15)16-2/h3-6H,7H2,1-2H3. The summed E-state index contributed by atoms with van der Waals surface area (Å²) in [6.45, 7) is 1.98. The number of aromatic nitrogens is 2. The Balaban J connectivity index is 1.96. The van der Waals surface area contributed by atoms with E-state index in [0.717, 1.165) is 21.5 Å². The zero-order valence-corrected chi connectivity index (χ0v) is 11.7. The summed E-state index contributed by atoms with van der Waals surface area (Å²) < 4.78 is 5.65. The molecule has 0 aromatic carbocycles. The monoisotopic (exact) mass is 280 g/mol. The van der Waals surface area contributed by atoms with Gasteiger partial charge in [0.05, 0.1) is 18.4 Å². The highest BCUT2D eigenvalue weighted by Gasteiger charge is 2.06. The lowest BCUT2D eigenvalue weighted by Gasteiger charge is -2.01. The topological polar surface area (TPSA) is 52.1 Å². The van der Waals surface area contributed by atoms with Gasteiger partial charge in [-0.25, -0.2) is 9.78 Å². The van der Waals surface area contributed by atoms with E-state index < -0.39 is 0 Å². The molecule has 6 heteroatoms. The molecule has 2 heterocycles. The normalized spacial score (nSPS) is 10.3. The number of thiazole rings is 1. The predicted octanol–water partition coefficient (Wildman–Crippen LogP) is 2.93. The second-order valence-corrected chi connectivity index (χ2v) is 5.65. The van der Waals surface area contributed by atoms with Crippen LogP contribution in [0.15, 0.2) is 28.0 Å². The average Bonchev–Trinajstić information content (AvgIpc) is 2.82.